The van der Waals surface area contributed by atoms with Crippen LogP contribution in [0.1, 0.15) is 41.6 Å². The van der Waals surface area contributed by atoms with E-state index >= 15 is 0 Å². The Morgan fingerprint density at radius 3 is 2.68 bits per heavy atom. The molecule has 7 nitrogen and oxygen atoms in total. The van der Waals surface area contributed by atoms with E-state index in [1.807, 2.05) is 0 Å². The average Bonchev–Trinajstić information content (AvgIpc) is 3.01. The molecular formula is C17H22N2O5S. The van der Waals surface area contributed by atoms with Crippen LogP contribution in [-0.2, 0) is 21.2 Å². The Bertz CT molecular complexity index is 805. The van der Waals surface area contributed by atoms with Crippen LogP contribution in [0, 0.1) is 5.92 Å². The number of carbonyl (C=O) groups is 2. The summed E-state index contributed by atoms with van der Waals surface area (Å²) in [6.07, 6.45) is 4.62. The molecule has 136 valence electrons. The summed E-state index contributed by atoms with van der Waals surface area (Å²) >= 11 is 0. The van der Waals surface area contributed by atoms with Gasteiger partial charge in [0.05, 0.1) is 17.9 Å². The van der Waals surface area contributed by atoms with E-state index in [-0.39, 0.29) is 11.9 Å². The topological polar surface area (TPSA) is 104 Å². The second kappa shape index (κ2) is 6.67. The van der Waals surface area contributed by atoms with E-state index < -0.39 is 21.9 Å². The molecule has 25 heavy (non-hydrogen) atoms. The van der Waals surface area contributed by atoms with Gasteiger partial charge in [-0.05, 0) is 49.4 Å². The predicted octanol–water partition coefficient (Wildman–Crippen LogP) is 1.38. The number of carboxylic acids is 1. The molecule has 1 aromatic carbocycles. The first-order valence-electron chi connectivity index (χ1n) is 8.41. The molecule has 0 spiro atoms. The van der Waals surface area contributed by atoms with Crippen LogP contribution in [0.5, 0.6) is 0 Å². The van der Waals surface area contributed by atoms with Crippen LogP contribution in [0.2, 0.25) is 0 Å². The minimum Gasteiger partial charge on any atom is -0.481 e. The zero-order valence-corrected chi connectivity index (χ0v) is 14.9. The summed E-state index contributed by atoms with van der Waals surface area (Å²) in [5.74, 6) is -1.73. The number of hydrogen-bond acceptors (Lipinski definition) is 4. The summed E-state index contributed by atoms with van der Waals surface area (Å²) in [6, 6.07) is 4.62. The quantitative estimate of drug-likeness (QED) is 0.838. The lowest BCUT2D eigenvalue weighted by molar-refractivity contribution is -0.142. The number of aliphatic carboxylic acids is 1. The number of fused-ring (bicyclic) bond motifs is 1. The molecule has 0 unspecified atom stereocenters. The van der Waals surface area contributed by atoms with Gasteiger partial charge in [0.1, 0.15) is 0 Å². The normalized spacial score (nSPS) is 23.2. The molecule has 0 radical (unpaired) electrons. The maximum absolute atomic E-state index is 12.5. The summed E-state index contributed by atoms with van der Waals surface area (Å²) in [5.41, 5.74) is 1.88. The van der Waals surface area contributed by atoms with Gasteiger partial charge in [-0.1, -0.05) is 6.42 Å². The first-order valence-corrected chi connectivity index (χ1v) is 10.3. The summed E-state index contributed by atoms with van der Waals surface area (Å²) in [5, 5.41) is 12.0. The van der Waals surface area contributed by atoms with Crippen LogP contribution in [0.4, 0.5) is 5.69 Å². The fourth-order valence-corrected chi connectivity index (χ4v) is 4.72. The fourth-order valence-electron chi connectivity index (χ4n) is 3.73. The number of benzene rings is 1. The highest BCUT2D eigenvalue weighted by atomic mass is 32.2. The van der Waals surface area contributed by atoms with Crippen molar-refractivity contribution in [2.75, 3.05) is 17.1 Å². The van der Waals surface area contributed by atoms with Crippen molar-refractivity contribution < 1.29 is 23.1 Å². The van der Waals surface area contributed by atoms with Gasteiger partial charge in [0.15, 0.2) is 0 Å². The molecular weight excluding hydrogens is 344 g/mol. The SMILES string of the molecule is CS(=O)(=O)N1CCCc2cc(C(=O)N[C@@H]3CCC[C@@H]3C(=O)O)ccc21. The molecule has 0 aromatic heterocycles. The van der Waals surface area contributed by atoms with E-state index in [1.165, 1.54) is 10.6 Å². The van der Waals surface area contributed by atoms with E-state index in [0.29, 0.717) is 43.5 Å². The second-order valence-corrected chi connectivity index (χ2v) is 8.64. The van der Waals surface area contributed by atoms with Crippen molar-refractivity contribution in [1.82, 2.24) is 5.32 Å². The van der Waals surface area contributed by atoms with Gasteiger partial charge in [0, 0.05) is 18.2 Å². The fraction of sp³-hybridized carbons (Fsp3) is 0.529. The third-order valence-electron chi connectivity index (χ3n) is 4.97. The van der Waals surface area contributed by atoms with Gasteiger partial charge in [0.25, 0.3) is 5.91 Å². The van der Waals surface area contributed by atoms with Crippen molar-refractivity contribution in [3.8, 4) is 0 Å². The molecule has 1 aliphatic heterocycles. The molecule has 1 amide bonds. The molecule has 1 heterocycles. The van der Waals surface area contributed by atoms with Gasteiger partial charge in [0.2, 0.25) is 10.0 Å². The maximum atomic E-state index is 12.5. The van der Waals surface area contributed by atoms with Gasteiger partial charge in [-0.25, -0.2) is 8.42 Å². The minimum atomic E-state index is -3.34. The first kappa shape index (κ1) is 17.7. The average molecular weight is 366 g/mol. The lowest BCUT2D eigenvalue weighted by Crippen LogP contribution is -2.40. The highest BCUT2D eigenvalue weighted by Crippen LogP contribution is 2.30. The molecule has 8 heteroatoms. The van der Waals surface area contributed by atoms with Crippen LogP contribution in [0.25, 0.3) is 0 Å². The number of sulfonamides is 1. The minimum absolute atomic E-state index is 0.308. The predicted molar refractivity (Wildman–Crippen MR) is 93.2 cm³/mol. The molecule has 1 aromatic rings. The largest absolute Gasteiger partial charge is 0.481 e. The Morgan fingerprint density at radius 1 is 1.24 bits per heavy atom. The first-order chi connectivity index (χ1) is 11.8. The van der Waals surface area contributed by atoms with Crippen LogP contribution < -0.4 is 9.62 Å². The number of anilines is 1. The lowest BCUT2D eigenvalue weighted by atomic mass is 9.99. The molecule has 0 bridgehead atoms. The van der Waals surface area contributed by atoms with Crippen LogP contribution >= 0.6 is 0 Å². The Kier molecular flexibility index (Phi) is 4.73. The maximum Gasteiger partial charge on any atom is 0.308 e. The summed E-state index contributed by atoms with van der Waals surface area (Å²) < 4.78 is 25.1. The number of aryl methyl sites for hydroxylation is 1. The zero-order valence-electron chi connectivity index (χ0n) is 14.1. The van der Waals surface area contributed by atoms with Crippen LogP contribution in [0.3, 0.4) is 0 Å². The molecule has 0 saturated heterocycles. The van der Waals surface area contributed by atoms with E-state index in [2.05, 4.69) is 5.32 Å². The summed E-state index contributed by atoms with van der Waals surface area (Å²) in [6.45, 7) is 0.444. The summed E-state index contributed by atoms with van der Waals surface area (Å²) in [7, 11) is -3.34. The van der Waals surface area contributed by atoms with Crippen molar-refractivity contribution in [2.45, 2.75) is 38.1 Å². The third kappa shape index (κ3) is 3.63. The summed E-state index contributed by atoms with van der Waals surface area (Å²) in [4.78, 5) is 23.7. The van der Waals surface area contributed by atoms with E-state index in [0.717, 1.165) is 12.0 Å². The smallest absolute Gasteiger partial charge is 0.308 e. The number of nitrogens with zero attached hydrogens (tertiary/aromatic N) is 1. The third-order valence-corrected chi connectivity index (χ3v) is 6.15. The number of amides is 1. The molecule has 2 N–H and O–H groups in total. The zero-order chi connectivity index (χ0) is 18.2. The van der Waals surface area contributed by atoms with Gasteiger partial charge in [-0.2, -0.15) is 0 Å². The van der Waals surface area contributed by atoms with E-state index in [1.54, 1.807) is 18.2 Å². The Balaban J connectivity index is 1.80. The lowest BCUT2D eigenvalue weighted by Gasteiger charge is -2.29. The van der Waals surface area contributed by atoms with Crippen molar-refractivity contribution in [3.63, 3.8) is 0 Å². The van der Waals surface area contributed by atoms with Crippen molar-refractivity contribution >= 4 is 27.6 Å². The number of hydrogen-bond donors (Lipinski definition) is 2. The van der Waals surface area contributed by atoms with Crippen molar-refractivity contribution in [1.29, 1.82) is 0 Å². The molecule has 1 aliphatic carbocycles. The van der Waals surface area contributed by atoms with Gasteiger partial charge >= 0.3 is 5.97 Å². The highest BCUT2D eigenvalue weighted by Gasteiger charge is 2.34. The molecule has 2 aliphatic rings. The number of carbonyl (C=O) groups excluding carboxylic acids is 1. The molecule has 1 fully saturated rings. The Hall–Kier alpha value is -2.09. The molecule has 3 rings (SSSR count). The monoisotopic (exact) mass is 366 g/mol. The highest BCUT2D eigenvalue weighted by molar-refractivity contribution is 7.92. The van der Waals surface area contributed by atoms with E-state index in [4.69, 9.17) is 0 Å². The van der Waals surface area contributed by atoms with E-state index in [9.17, 15) is 23.1 Å². The second-order valence-electron chi connectivity index (χ2n) is 6.74. The Morgan fingerprint density at radius 2 is 2.00 bits per heavy atom. The molecule has 1 saturated carbocycles. The van der Waals surface area contributed by atoms with Crippen molar-refractivity contribution in [3.05, 3.63) is 29.3 Å². The van der Waals surface area contributed by atoms with Crippen LogP contribution in [-0.4, -0.2) is 44.2 Å². The number of rotatable bonds is 4. The number of nitrogens with one attached hydrogen (secondary N) is 1. The van der Waals surface area contributed by atoms with Gasteiger partial charge in [-0.3, -0.25) is 13.9 Å². The standard InChI is InChI=1S/C17H22N2O5S/c1-25(23,24)19-9-3-4-11-10-12(7-8-15(11)19)16(20)18-14-6-2-5-13(14)17(21)22/h7-8,10,13-14H,2-6,9H2,1H3,(H,18,20)(H,21,22)/t13-,14+/m0/s1. The Labute approximate surface area is 147 Å². The van der Waals surface area contributed by atoms with Crippen LogP contribution in [0.15, 0.2) is 18.2 Å². The molecule has 2 atom stereocenters. The number of carboxylic acid groups (broad SMARTS) is 1. The van der Waals surface area contributed by atoms with Gasteiger partial charge in [-0.15, -0.1) is 0 Å². The van der Waals surface area contributed by atoms with Gasteiger partial charge < -0.3 is 10.4 Å². The van der Waals surface area contributed by atoms with Crippen molar-refractivity contribution in [2.24, 2.45) is 5.92 Å².